The zero-order chi connectivity index (χ0) is 9.14. The van der Waals surface area contributed by atoms with Crippen LogP contribution in [0.25, 0.3) is 0 Å². The largest absolute Gasteiger partial charge is 0.492 e. The summed E-state index contributed by atoms with van der Waals surface area (Å²) in [6.45, 7) is 3.32. The van der Waals surface area contributed by atoms with Gasteiger partial charge in [0.25, 0.3) is 0 Å². The number of carbonyl (C=O) groups is 1. The molecule has 0 aromatic carbocycles. The molecule has 0 saturated carbocycles. The van der Waals surface area contributed by atoms with Crippen LogP contribution in [-0.4, -0.2) is 23.6 Å². The number of aliphatic hydroxyl groups excluding tert-OH is 1. The number of hydrogen-bond donors (Lipinski definition) is 1. The van der Waals surface area contributed by atoms with E-state index in [1.165, 1.54) is 6.92 Å². The SMILES string of the molecule is CC(=O)/C(C)=C1\CCC(CO)O1. The van der Waals surface area contributed by atoms with Gasteiger partial charge in [0.15, 0.2) is 5.78 Å². The van der Waals surface area contributed by atoms with Crippen molar-refractivity contribution >= 4 is 5.78 Å². The summed E-state index contributed by atoms with van der Waals surface area (Å²) in [6, 6.07) is 0. The van der Waals surface area contributed by atoms with Gasteiger partial charge in [0.05, 0.1) is 6.61 Å². The Bertz CT molecular complexity index is 218. The van der Waals surface area contributed by atoms with Crippen LogP contribution in [-0.2, 0) is 9.53 Å². The van der Waals surface area contributed by atoms with E-state index >= 15 is 0 Å². The zero-order valence-electron chi connectivity index (χ0n) is 7.46. The molecular weight excluding hydrogens is 156 g/mol. The van der Waals surface area contributed by atoms with Gasteiger partial charge in [-0.2, -0.15) is 0 Å². The number of hydrogen-bond acceptors (Lipinski definition) is 3. The second-order valence-corrected chi connectivity index (χ2v) is 3.07. The highest BCUT2D eigenvalue weighted by atomic mass is 16.5. The number of carbonyl (C=O) groups excluding carboxylic acids is 1. The van der Waals surface area contributed by atoms with Crippen LogP contribution in [0, 0.1) is 0 Å². The summed E-state index contributed by atoms with van der Waals surface area (Å²) >= 11 is 0. The lowest BCUT2D eigenvalue weighted by atomic mass is 10.1. The van der Waals surface area contributed by atoms with Crippen molar-refractivity contribution in [2.24, 2.45) is 0 Å². The molecule has 1 fully saturated rings. The van der Waals surface area contributed by atoms with E-state index in [1.807, 2.05) is 0 Å². The van der Waals surface area contributed by atoms with E-state index in [4.69, 9.17) is 9.84 Å². The maximum Gasteiger partial charge on any atom is 0.158 e. The van der Waals surface area contributed by atoms with Gasteiger partial charge in [-0.25, -0.2) is 0 Å². The maximum absolute atomic E-state index is 10.9. The second-order valence-electron chi connectivity index (χ2n) is 3.07. The highest BCUT2D eigenvalue weighted by Crippen LogP contribution is 2.25. The molecule has 0 amide bonds. The highest BCUT2D eigenvalue weighted by molar-refractivity contribution is 5.93. The smallest absolute Gasteiger partial charge is 0.158 e. The average Bonchev–Trinajstić information content (AvgIpc) is 2.50. The van der Waals surface area contributed by atoms with Crippen LogP contribution in [0.5, 0.6) is 0 Å². The fraction of sp³-hybridized carbons (Fsp3) is 0.667. The highest BCUT2D eigenvalue weighted by Gasteiger charge is 2.22. The summed E-state index contributed by atoms with van der Waals surface area (Å²) in [4.78, 5) is 10.9. The topological polar surface area (TPSA) is 46.5 Å². The van der Waals surface area contributed by atoms with Crippen molar-refractivity contribution in [3.63, 3.8) is 0 Å². The van der Waals surface area contributed by atoms with Crippen molar-refractivity contribution in [2.45, 2.75) is 32.8 Å². The molecule has 68 valence electrons. The molecule has 1 rings (SSSR count). The first kappa shape index (κ1) is 9.26. The summed E-state index contributed by atoms with van der Waals surface area (Å²) in [5.74, 6) is 0.796. The van der Waals surface area contributed by atoms with Crippen molar-refractivity contribution in [1.29, 1.82) is 0 Å². The van der Waals surface area contributed by atoms with Crippen molar-refractivity contribution in [3.8, 4) is 0 Å². The minimum Gasteiger partial charge on any atom is -0.492 e. The van der Waals surface area contributed by atoms with E-state index < -0.39 is 0 Å². The predicted molar refractivity (Wildman–Crippen MR) is 44.6 cm³/mol. The number of rotatable bonds is 2. The Morgan fingerprint density at radius 2 is 2.33 bits per heavy atom. The minimum atomic E-state index is -0.103. The summed E-state index contributed by atoms with van der Waals surface area (Å²) in [5, 5.41) is 8.77. The van der Waals surface area contributed by atoms with Gasteiger partial charge < -0.3 is 9.84 Å². The third kappa shape index (κ3) is 1.85. The van der Waals surface area contributed by atoms with Gasteiger partial charge in [0, 0.05) is 12.0 Å². The quantitative estimate of drug-likeness (QED) is 0.629. The Kier molecular flexibility index (Phi) is 2.87. The van der Waals surface area contributed by atoms with Crippen molar-refractivity contribution < 1.29 is 14.6 Å². The van der Waals surface area contributed by atoms with Gasteiger partial charge in [-0.1, -0.05) is 0 Å². The van der Waals surface area contributed by atoms with Gasteiger partial charge in [-0.05, 0) is 20.3 Å². The standard InChI is InChI=1S/C9H14O3/c1-6(7(2)11)9-4-3-8(5-10)12-9/h8,10H,3-5H2,1-2H3/b9-6+. The van der Waals surface area contributed by atoms with Crippen LogP contribution >= 0.6 is 0 Å². The molecule has 1 N–H and O–H groups in total. The van der Waals surface area contributed by atoms with E-state index in [9.17, 15) is 4.79 Å². The molecule has 0 bridgehead atoms. The molecule has 1 atom stereocenters. The molecule has 0 radical (unpaired) electrons. The van der Waals surface area contributed by atoms with Crippen LogP contribution in [0.3, 0.4) is 0 Å². The zero-order valence-corrected chi connectivity index (χ0v) is 7.46. The normalized spacial score (nSPS) is 26.8. The lowest BCUT2D eigenvalue weighted by Gasteiger charge is -2.07. The molecular formula is C9H14O3. The van der Waals surface area contributed by atoms with Crippen molar-refractivity contribution in [3.05, 3.63) is 11.3 Å². The van der Waals surface area contributed by atoms with Gasteiger partial charge in [0.2, 0.25) is 0 Å². The fourth-order valence-corrected chi connectivity index (χ4v) is 1.21. The first-order valence-electron chi connectivity index (χ1n) is 4.13. The number of Topliss-reactive ketones (excluding diaryl/α,β-unsaturated/α-hetero) is 1. The Balaban J connectivity index is 2.67. The summed E-state index contributed by atoms with van der Waals surface area (Å²) in [5.41, 5.74) is 0.686. The number of aliphatic hydroxyl groups is 1. The summed E-state index contributed by atoms with van der Waals surface area (Å²) in [7, 11) is 0. The third-order valence-corrected chi connectivity index (χ3v) is 2.15. The van der Waals surface area contributed by atoms with Crippen LogP contribution in [0.4, 0.5) is 0 Å². The predicted octanol–water partition coefficient (Wildman–Crippen LogP) is 1.02. The molecule has 0 aromatic rings. The first-order chi connectivity index (χ1) is 5.65. The molecule has 1 unspecified atom stereocenters. The Labute approximate surface area is 72.0 Å². The van der Waals surface area contributed by atoms with E-state index in [0.717, 1.165) is 18.6 Å². The molecule has 0 spiro atoms. The summed E-state index contributed by atoms with van der Waals surface area (Å²) < 4.78 is 5.34. The molecule has 3 heteroatoms. The third-order valence-electron chi connectivity index (χ3n) is 2.15. The van der Waals surface area contributed by atoms with Crippen molar-refractivity contribution in [2.75, 3.05) is 6.61 Å². The minimum absolute atomic E-state index is 0.0364. The monoisotopic (exact) mass is 170 g/mol. The average molecular weight is 170 g/mol. The molecule has 1 aliphatic rings. The lowest BCUT2D eigenvalue weighted by Crippen LogP contribution is -2.09. The van der Waals surface area contributed by atoms with Gasteiger partial charge in [-0.3, -0.25) is 4.79 Å². The number of ether oxygens (including phenoxy) is 1. The van der Waals surface area contributed by atoms with Crippen LogP contribution in [0.1, 0.15) is 26.7 Å². The first-order valence-corrected chi connectivity index (χ1v) is 4.13. The molecule has 12 heavy (non-hydrogen) atoms. The summed E-state index contributed by atoms with van der Waals surface area (Å²) in [6.07, 6.45) is 1.49. The second kappa shape index (κ2) is 3.72. The fourth-order valence-electron chi connectivity index (χ4n) is 1.21. The van der Waals surface area contributed by atoms with E-state index in [-0.39, 0.29) is 18.5 Å². The van der Waals surface area contributed by atoms with Crippen LogP contribution in [0.2, 0.25) is 0 Å². The number of ketones is 1. The van der Waals surface area contributed by atoms with Gasteiger partial charge in [-0.15, -0.1) is 0 Å². The van der Waals surface area contributed by atoms with Crippen LogP contribution in [0.15, 0.2) is 11.3 Å². The van der Waals surface area contributed by atoms with E-state index in [0.29, 0.717) is 5.57 Å². The molecule has 3 nitrogen and oxygen atoms in total. The van der Waals surface area contributed by atoms with Crippen LogP contribution < -0.4 is 0 Å². The lowest BCUT2D eigenvalue weighted by molar-refractivity contribution is -0.113. The number of allylic oxidation sites excluding steroid dienone is 2. The Hall–Kier alpha value is -0.830. The Morgan fingerprint density at radius 3 is 2.75 bits per heavy atom. The molecule has 1 heterocycles. The molecule has 1 aliphatic heterocycles. The van der Waals surface area contributed by atoms with Gasteiger partial charge in [0.1, 0.15) is 11.9 Å². The maximum atomic E-state index is 10.9. The van der Waals surface area contributed by atoms with Gasteiger partial charge >= 0.3 is 0 Å². The molecule has 0 aliphatic carbocycles. The van der Waals surface area contributed by atoms with E-state index in [1.54, 1.807) is 6.92 Å². The molecule has 0 aromatic heterocycles. The Morgan fingerprint density at radius 1 is 1.67 bits per heavy atom. The van der Waals surface area contributed by atoms with Crippen molar-refractivity contribution in [1.82, 2.24) is 0 Å². The molecule has 1 saturated heterocycles. The van der Waals surface area contributed by atoms with E-state index in [2.05, 4.69) is 0 Å².